The predicted molar refractivity (Wildman–Crippen MR) is 96.8 cm³/mol. The number of aromatic amines is 1. The lowest BCUT2D eigenvalue weighted by molar-refractivity contribution is 0.241. The lowest BCUT2D eigenvalue weighted by Gasteiger charge is -2.29. The highest BCUT2D eigenvalue weighted by atomic mass is 19.1. The third-order valence-corrected chi connectivity index (χ3v) is 4.82. The van der Waals surface area contributed by atoms with Crippen molar-refractivity contribution >= 4 is 10.9 Å². The number of hydrogen-bond donors (Lipinski definition) is 1. The molecule has 0 bridgehead atoms. The first kappa shape index (κ1) is 16.2. The smallest absolute Gasteiger partial charge is 0.133 e. The summed E-state index contributed by atoms with van der Waals surface area (Å²) in [6.45, 7) is 9.06. The van der Waals surface area contributed by atoms with Gasteiger partial charge in [-0.05, 0) is 35.7 Å². The second-order valence-corrected chi connectivity index (χ2v) is 7.88. The summed E-state index contributed by atoms with van der Waals surface area (Å²) in [4.78, 5) is 14.9. The zero-order valence-corrected chi connectivity index (χ0v) is 14.9. The normalized spacial score (nSPS) is 15.5. The van der Waals surface area contributed by atoms with E-state index in [-0.39, 0.29) is 11.2 Å². The monoisotopic (exact) mass is 338 g/mol. The first-order valence-electron chi connectivity index (χ1n) is 8.73. The van der Waals surface area contributed by atoms with Crippen molar-refractivity contribution in [1.29, 1.82) is 0 Å². The molecule has 1 aliphatic rings. The fourth-order valence-corrected chi connectivity index (χ4v) is 3.38. The summed E-state index contributed by atoms with van der Waals surface area (Å²) in [5.74, 6) is 0.690. The summed E-state index contributed by atoms with van der Waals surface area (Å²) in [6.07, 6.45) is 4.95. The average molecular weight is 338 g/mol. The number of H-pyrrole nitrogens is 1. The Morgan fingerprint density at radius 3 is 2.92 bits per heavy atom. The summed E-state index contributed by atoms with van der Waals surface area (Å²) < 4.78 is 13.4. The number of rotatable bonds is 2. The fraction of sp³-hybridized carbons (Fsp3) is 0.400. The molecule has 0 atom stereocenters. The van der Waals surface area contributed by atoms with Crippen molar-refractivity contribution in [1.82, 2.24) is 19.9 Å². The molecule has 0 radical (unpaired) electrons. The summed E-state index contributed by atoms with van der Waals surface area (Å²) >= 11 is 0. The van der Waals surface area contributed by atoms with Gasteiger partial charge < -0.3 is 4.98 Å². The van der Waals surface area contributed by atoms with Crippen LogP contribution in [0.4, 0.5) is 4.39 Å². The fourth-order valence-electron chi connectivity index (χ4n) is 3.38. The van der Waals surface area contributed by atoms with Crippen LogP contribution in [0.2, 0.25) is 0 Å². The van der Waals surface area contributed by atoms with E-state index in [9.17, 15) is 4.39 Å². The second-order valence-electron chi connectivity index (χ2n) is 7.88. The molecule has 3 heterocycles. The van der Waals surface area contributed by atoms with Crippen LogP contribution in [0.3, 0.4) is 0 Å². The van der Waals surface area contributed by atoms with E-state index >= 15 is 0 Å². The van der Waals surface area contributed by atoms with Crippen LogP contribution in [0, 0.1) is 5.82 Å². The van der Waals surface area contributed by atoms with Crippen LogP contribution < -0.4 is 0 Å². The number of hydrogen-bond acceptors (Lipinski definition) is 3. The average Bonchev–Trinajstić information content (AvgIpc) is 2.95. The topological polar surface area (TPSA) is 44.8 Å². The molecule has 1 aliphatic heterocycles. The van der Waals surface area contributed by atoms with E-state index in [1.807, 2.05) is 18.5 Å². The molecule has 0 saturated heterocycles. The molecule has 0 aliphatic carbocycles. The van der Waals surface area contributed by atoms with E-state index in [1.165, 1.54) is 17.2 Å². The van der Waals surface area contributed by atoms with Crippen molar-refractivity contribution in [2.45, 2.75) is 45.7 Å². The van der Waals surface area contributed by atoms with Crippen LogP contribution in [0.25, 0.3) is 10.9 Å². The molecule has 130 valence electrons. The van der Waals surface area contributed by atoms with Gasteiger partial charge in [-0.2, -0.15) is 0 Å². The largest absolute Gasteiger partial charge is 0.361 e. The molecule has 4 nitrogen and oxygen atoms in total. The summed E-state index contributed by atoms with van der Waals surface area (Å²) in [5, 5.41) is 1.09. The zero-order valence-electron chi connectivity index (χ0n) is 14.9. The van der Waals surface area contributed by atoms with Crippen LogP contribution in [-0.4, -0.2) is 26.4 Å². The second kappa shape index (κ2) is 5.92. The maximum Gasteiger partial charge on any atom is 0.133 e. The number of fused-ring (bicyclic) bond motifs is 2. The van der Waals surface area contributed by atoms with Gasteiger partial charge in [-0.25, -0.2) is 14.4 Å². The van der Waals surface area contributed by atoms with Gasteiger partial charge in [0.15, 0.2) is 0 Å². The SMILES string of the molecule is CC(C)(C)c1ncc2c(n1)CN(Cc1c[nH]c3cc(F)ccc13)CC2. The lowest BCUT2D eigenvalue weighted by atomic mass is 9.95. The molecule has 25 heavy (non-hydrogen) atoms. The Labute approximate surface area is 147 Å². The Kier molecular flexibility index (Phi) is 3.84. The molecule has 0 unspecified atom stereocenters. The van der Waals surface area contributed by atoms with Crippen LogP contribution in [0.5, 0.6) is 0 Å². The van der Waals surface area contributed by atoms with Gasteiger partial charge in [0.2, 0.25) is 0 Å². The number of aromatic nitrogens is 3. The molecule has 1 N–H and O–H groups in total. The van der Waals surface area contributed by atoms with Gasteiger partial charge in [-0.15, -0.1) is 0 Å². The molecule has 5 heteroatoms. The van der Waals surface area contributed by atoms with E-state index in [0.29, 0.717) is 0 Å². The molecule has 1 aromatic carbocycles. The van der Waals surface area contributed by atoms with Gasteiger partial charge in [0.25, 0.3) is 0 Å². The highest BCUT2D eigenvalue weighted by Crippen LogP contribution is 2.25. The van der Waals surface area contributed by atoms with Crippen LogP contribution >= 0.6 is 0 Å². The van der Waals surface area contributed by atoms with E-state index < -0.39 is 0 Å². The van der Waals surface area contributed by atoms with Crippen molar-refractivity contribution < 1.29 is 4.39 Å². The number of nitrogens with one attached hydrogen (secondary N) is 1. The van der Waals surface area contributed by atoms with Gasteiger partial charge in [0, 0.05) is 48.3 Å². The van der Waals surface area contributed by atoms with Gasteiger partial charge in [0.1, 0.15) is 11.6 Å². The molecule has 0 spiro atoms. The highest BCUT2D eigenvalue weighted by Gasteiger charge is 2.23. The summed E-state index contributed by atoms with van der Waals surface area (Å²) in [6, 6.07) is 4.93. The van der Waals surface area contributed by atoms with E-state index in [0.717, 1.165) is 48.5 Å². The number of benzene rings is 1. The quantitative estimate of drug-likeness (QED) is 0.769. The van der Waals surface area contributed by atoms with E-state index in [1.54, 1.807) is 6.07 Å². The van der Waals surface area contributed by atoms with Gasteiger partial charge in [-0.1, -0.05) is 20.8 Å². The minimum atomic E-state index is -0.209. The summed E-state index contributed by atoms with van der Waals surface area (Å²) in [7, 11) is 0. The first-order chi connectivity index (χ1) is 11.9. The van der Waals surface area contributed by atoms with Crippen molar-refractivity contribution in [3.8, 4) is 0 Å². The van der Waals surface area contributed by atoms with Crippen molar-refractivity contribution in [3.63, 3.8) is 0 Å². The minimum absolute atomic E-state index is 0.0434. The maximum absolute atomic E-state index is 13.4. The third-order valence-electron chi connectivity index (χ3n) is 4.82. The van der Waals surface area contributed by atoms with E-state index in [2.05, 4.69) is 35.6 Å². The molecule has 4 rings (SSSR count). The van der Waals surface area contributed by atoms with Crippen molar-refractivity contribution in [2.75, 3.05) is 6.54 Å². The highest BCUT2D eigenvalue weighted by molar-refractivity contribution is 5.83. The Morgan fingerprint density at radius 2 is 2.12 bits per heavy atom. The lowest BCUT2D eigenvalue weighted by Crippen LogP contribution is -2.32. The minimum Gasteiger partial charge on any atom is -0.361 e. The Hall–Kier alpha value is -2.27. The molecule has 3 aromatic rings. The van der Waals surface area contributed by atoms with Crippen LogP contribution in [0.15, 0.2) is 30.6 Å². The Bertz CT molecular complexity index is 923. The molecule has 0 amide bonds. The van der Waals surface area contributed by atoms with Crippen LogP contribution in [0.1, 0.15) is 43.4 Å². The standard InChI is InChI=1S/C20H23FN4/c1-20(2,3)19-23-9-13-6-7-25(12-18(13)24-19)11-14-10-22-17-8-15(21)4-5-16(14)17/h4-5,8-10,22H,6-7,11-12H2,1-3H3. The van der Waals surface area contributed by atoms with E-state index in [4.69, 9.17) is 4.98 Å². The predicted octanol–water partition coefficient (Wildman–Crippen LogP) is 3.95. The Balaban J connectivity index is 1.57. The molecule has 2 aromatic heterocycles. The van der Waals surface area contributed by atoms with Crippen molar-refractivity contribution in [2.24, 2.45) is 0 Å². The molecule has 0 fully saturated rings. The van der Waals surface area contributed by atoms with Gasteiger partial charge in [0.05, 0.1) is 5.69 Å². The Morgan fingerprint density at radius 1 is 1.28 bits per heavy atom. The van der Waals surface area contributed by atoms with Gasteiger partial charge in [-0.3, -0.25) is 4.90 Å². The number of halogens is 1. The zero-order chi connectivity index (χ0) is 17.6. The summed E-state index contributed by atoms with van der Waals surface area (Å²) in [5.41, 5.74) is 4.40. The maximum atomic E-state index is 13.4. The molecular formula is C20H23FN4. The molecular weight excluding hydrogens is 315 g/mol. The van der Waals surface area contributed by atoms with Gasteiger partial charge >= 0.3 is 0 Å². The van der Waals surface area contributed by atoms with Crippen LogP contribution in [-0.2, 0) is 24.9 Å². The first-order valence-corrected chi connectivity index (χ1v) is 8.73. The number of nitrogens with zero attached hydrogens (tertiary/aromatic N) is 3. The van der Waals surface area contributed by atoms with Crippen molar-refractivity contribution in [3.05, 3.63) is 59.1 Å². The third kappa shape index (κ3) is 3.16. The molecule has 0 saturated carbocycles.